The minimum Gasteiger partial charge on any atom is -0.350 e. The maximum atomic E-state index is 12.0. The number of piperidine rings is 1. The monoisotopic (exact) mass is 393 g/mol. The van der Waals surface area contributed by atoms with Gasteiger partial charge in [0.05, 0.1) is 13.0 Å². The number of likely N-dealkylation sites (tertiary alicyclic amines) is 1. The normalized spacial score (nSPS) is 16.9. The molecule has 0 unspecified atom stereocenters. The number of benzene rings is 2. The highest BCUT2D eigenvalue weighted by Gasteiger charge is 2.17. The van der Waals surface area contributed by atoms with Gasteiger partial charge in [0.15, 0.2) is 0 Å². The van der Waals surface area contributed by atoms with Gasteiger partial charge in [-0.25, -0.2) is 0 Å². The SMILES string of the molecule is C[C@@H]1CCCCN1Cc1ccc(CNC(=O)CNC(=O)Cc2ccccc2)cc1. The van der Waals surface area contributed by atoms with E-state index in [1.165, 1.54) is 31.4 Å². The van der Waals surface area contributed by atoms with Crippen molar-refractivity contribution in [3.8, 4) is 0 Å². The number of hydrogen-bond donors (Lipinski definition) is 2. The molecule has 1 atom stereocenters. The summed E-state index contributed by atoms with van der Waals surface area (Å²) in [4.78, 5) is 26.5. The van der Waals surface area contributed by atoms with E-state index in [4.69, 9.17) is 0 Å². The lowest BCUT2D eigenvalue weighted by atomic mass is 10.0. The highest BCUT2D eigenvalue weighted by molar-refractivity contribution is 5.85. The first-order valence-electron chi connectivity index (χ1n) is 10.5. The van der Waals surface area contributed by atoms with Crippen molar-refractivity contribution in [2.24, 2.45) is 0 Å². The second-order valence-electron chi connectivity index (χ2n) is 7.85. The van der Waals surface area contributed by atoms with Crippen LogP contribution >= 0.6 is 0 Å². The Hall–Kier alpha value is -2.66. The molecule has 3 rings (SSSR count). The van der Waals surface area contributed by atoms with Crippen molar-refractivity contribution in [3.05, 3.63) is 71.3 Å². The molecule has 0 saturated carbocycles. The fraction of sp³-hybridized carbons (Fsp3) is 0.417. The third-order valence-corrected chi connectivity index (χ3v) is 5.49. The van der Waals surface area contributed by atoms with E-state index in [2.05, 4.69) is 46.7 Å². The van der Waals surface area contributed by atoms with Crippen LogP contribution in [0.3, 0.4) is 0 Å². The van der Waals surface area contributed by atoms with Crippen LogP contribution in [0.15, 0.2) is 54.6 Å². The third-order valence-electron chi connectivity index (χ3n) is 5.49. The molecule has 154 valence electrons. The smallest absolute Gasteiger partial charge is 0.239 e. The van der Waals surface area contributed by atoms with E-state index in [1.807, 2.05) is 30.3 Å². The Kier molecular flexibility index (Phi) is 7.82. The Balaban J connectivity index is 1.37. The Morgan fingerprint density at radius 2 is 1.62 bits per heavy atom. The predicted molar refractivity (Wildman–Crippen MR) is 115 cm³/mol. The first-order chi connectivity index (χ1) is 14.1. The number of hydrogen-bond acceptors (Lipinski definition) is 3. The Labute approximate surface area is 173 Å². The van der Waals surface area contributed by atoms with E-state index in [-0.39, 0.29) is 24.8 Å². The summed E-state index contributed by atoms with van der Waals surface area (Å²) in [6, 6.07) is 18.6. The Morgan fingerprint density at radius 1 is 0.897 bits per heavy atom. The van der Waals surface area contributed by atoms with Crippen LogP contribution in [0.4, 0.5) is 0 Å². The van der Waals surface area contributed by atoms with E-state index in [0.717, 1.165) is 17.7 Å². The second-order valence-corrected chi connectivity index (χ2v) is 7.85. The summed E-state index contributed by atoms with van der Waals surface area (Å²) in [7, 11) is 0. The van der Waals surface area contributed by atoms with Gasteiger partial charge in [0, 0.05) is 19.1 Å². The standard InChI is InChI=1S/C24H31N3O2/c1-19-7-5-6-14-27(19)18-22-12-10-21(11-13-22)16-25-24(29)17-26-23(28)15-20-8-3-2-4-9-20/h2-4,8-13,19H,5-7,14-18H2,1H3,(H,25,29)(H,26,28)/t19-/m1/s1. The van der Waals surface area contributed by atoms with Gasteiger partial charge in [-0.15, -0.1) is 0 Å². The van der Waals surface area contributed by atoms with E-state index in [0.29, 0.717) is 12.6 Å². The molecule has 0 aliphatic carbocycles. The zero-order valence-electron chi connectivity index (χ0n) is 17.2. The molecule has 2 amide bonds. The van der Waals surface area contributed by atoms with Gasteiger partial charge in [-0.1, -0.05) is 61.0 Å². The van der Waals surface area contributed by atoms with Gasteiger partial charge in [0.1, 0.15) is 0 Å². The molecule has 5 nitrogen and oxygen atoms in total. The predicted octanol–water partition coefficient (Wildman–Crippen LogP) is 3.04. The van der Waals surface area contributed by atoms with Gasteiger partial charge in [-0.3, -0.25) is 14.5 Å². The summed E-state index contributed by atoms with van der Waals surface area (Å²) < 4.78 is 0. The largest absolute Gasteiger partial charge is 0.350 e. The molecule has 1 aliphatic heterocycles. The number of carbonyl (C=O) groups excluding carboxylic acids is 2. The van der Waals surface area contributed by atoms with Crippen molar-refractivity contribution in [3.63, 3.8) is 0 Å². The summed E-state index contributed by atoms with van der Waals surface area (Å²) >= 11 is 0. The van der Waals surface area contributed by atoms with E-state index in [9.17, 15) is 9.59 Å². The summed E-state index contributed by atoms with van der Waals surface area (Å²) in [6.07, 6.45) is 4.19. The molecule has 0 radical (unpaired) electrons. The van der Waals surface area contributed by atoms with Gasteiger partial charge in [0.25, 0.3) is 0 Å². The number of rotatable bonds is 8. The minimum absolute atomic E-state index is 0.00337. The topological polar surface area (TPSA) is 61.4 Å². The first-order valence-corrected chi connectivity index (χ1v) is 10.5. The Bertz CT molecular complexity index is 790. The van der Waals surface area contributed by atoms with Crippen LogP contribution in [-0.2, 0) is 29.1 Å². The van der Waals surface area contributed by atoms with Crippen molar-refractivity contribution >= 4 is 11.8 Å². The molecule has 0 spiro atoms. The maximum absolute atomic E-state index is 12.0. The lowest BCUT2D eigenvalue weighted by Gasteiger charge is -2.33. The molecule has 1 fully saturated rings. The average Bonchev–Trinajstić information content (AvgIpc) is 2.74. The molecule has 2 aromatic rings. The van der Waals surface area contributed by atoms with Crippen molar-refractivity contribution < 1.29 is 9.59 Å². The zero-order chi connectivity index (χ0) is 20.5. The molecule has 1 saturated heterocycles. The summed E-state index contributed by atoms with van der Waals surface area (Å²) in [5.74, 6) is -0.333. The number of amides is 2. The lowest BCUT2D eigenvalue weighted by Crippen LogP contribution is -2.37. The van der Waals surface area contributed by atoms with Crippen LogP contribution in [0.25, 0.3) is 0 Å². The number of nitrogens with zero attached hydrogens (tertiary/aromatic N) is 1. The van der Waals surface area contributed by atoms with Crippen LogP contribution in [0.5, 0.6) is 0 Å². The molecule has 29 heavy (non-hydrogen) atoms. The number of nitrogens with one attached hydrogen (secondary N) is 2. The van der Waals surface area contributed by atoms with Crippen molar-refractivity contribution in [1.82, 2.24) is 15.5 Å². The van der Waals surface area contributed by atoms with Gasteiger partial charge >= 0.3 is 0 Å². The first kappa shape index (κ1) is 21.1. The molecular formula is C24H31N3O2. The molecule has 0 bridgehead atoms. The number of carbonyl (C=O) groups is 2. The molecule has 5 heteroatoms. The zero-order valence-corrected chi connectivity index (χ0v) is 17.2. The molecular weight excluding hydrogens is 362 g/mol. The minimum atomic E-state index is -0.183. The molecule has 1 aliphatic rings. The lowest BCUT2D eigenvalue weighted by molar-refractivity contribution is -0.125. The highest BCUT2D eigenvalue weighted by Crippen LogP contribution is 2.19. The van der Waals surface area contributed by atoms with Gasteiger partial charge in [-0.2, -0.15) is 0 Å². The van der Waals surface area contributed by atoms with Crippen molar-refractivity contribution in [2.75, 3.05) is 13.1 Å². The summed E-state index contributed by atoms with van der Waals surface area (Å²) in [5.41, 5.74) is 3.30. The van der Waals surface area contributed by atoms with Crippen LogP contribution < -0.4 is 10.6 Å². The molecule has 2 N–H and O–H groups in total. The average molecular weight is 394 g/mol. The van der Waals surface area contributed by atoms with Crippen molar-refractivity contribution in [1.29, 1.82) is 0 Å². The van der Waals surface area contributed by atoms with E-state index < -0.39 is 0 Å². The van der Waals surface area contributed by atoms with Gasteiger partial charge in [0.2, 0.25) is 11.8 Å². The van der Waals surface area contributed by atoms with E-state index in [1.54, 1.807) is 0 Å². The molecule has 2 aromatic carbocycles. The Morgan fingerprint density at radius 3 is 2.34 bits per heavy atom. The maximum Gasteiger partial charge on any atom is 0.239 e. The quantitative estimate of drug-likeness (QED) is 0.725. The molecule has 1 heterocycles. The fourth-order valence-corrected chi connectivity index (χ4v) is 3.68. The summed E-state index contributed by atoms with van der Waals surface area (Å²) in [5, 5.41) is 5.53. The second kappa shape index (κ2) is 10.8. The van der Waals surface area contributed by atoms with Crippen LogP contribution in [0, 0.1) is 0 Å². The van der Waals surface area contributed by atoms with Gasteiger partial charge < -0.3 is 10.6 Å². The third kappa shape index (κ3) is 7.02. The fourth-order valence-electron chi connectivity index (χ4n) is 3.68. The van der Waals surface area contributed by atoms with Crippen LogP contribution in [-0.4, -0.2) is 35.8 Å². The highest BCUT2D eigenvalue weighted by atomic mass is 16.2. The van der Waals surface area contributed by atoms with Crippen LogP contribution in [0.2, 0.25) is 0 Å². The van der Waals surface area contributed by atoms with E-state index >= 15 is 0 Å². The van der Waals surface area contributed by atoms with Crippen LogP contribution in [0.1, 0.15) is 42.9 Å². The summed E-state index contributed by atoms with van der Waals surface area (Å²) in [6.45, 7) is 4.93. The van der Waals surface area contributed by atoms with Gasteiger partial charge in [-0.05, 0) is 43.0 Å². The van der Waals surface area contributed by atoms with Crippen molar-refractivity contribution in [2.45, 2.75) is 51.7 Å². The molecule has 0 aromatic heterocycles.